The van der Waals surface area contributed by atoms with Crippen LogP contribution >= 0.6 is 0 Å². The van der Waals surface area contributed by atoms with Gasteiger partial charge in [0.05, 0.1) is 0 Å². The second-order valence-corrected chi connectivity index (χ2v) is 5.01. The summed E-state index contributed by atoms with van der Waals surface area (Å²) in [5.41, 5.74) is -0.344. The van der Waals surface area contributed by atoms with Crippen molar-refractivity contribution in [3.05, 3.63) is 12.2 Å². The fraction of sp³-hybridized carbons (Fsp3) is 0.700. The van der Waals surface area contributed by atoms with E-state index in [0.29, 0.717) is 16.1 Å². The van der Waals surface area contributed by atoms with Crippen LogP contribution in [0.4, 0.5) is 0 Å². The molecule has 0 heterocycles. The highest BCUT2D eigenvalue weighted by Crippen LogP contribution is 2.35. The Morgan fingerprint density at radius 2 is 1.69 bits per heavy atom. The Labute approximate surface area is 83.9 Å². The lowest BCUT2D eigenvalue weighted by molar-refractivity contribution is -0.137. The maximum absolute atomic E-state index is 11.8. The van der Waals surface area contributed by atoms with E-state index in [1.165, 1.54) is 0 Å². The molecule has 0 aliphatic rings. The highest BCUT2D eigenvalue weighted by atomic mass is 28.2. The van der Waals surface area contributed by atoms with Crippen molar-refractivity contribution in [2.24, 2.45) is 5.41 Å². The lowest BCUT2D eigenvalue weighted by Crippen LogP contribution is -2.49. The van der Waals surface area contributed by atoms with Crippen LogP contribution in [0.2, 0.25) is 0 Å². The summed E-state index contributed by atoms with van der Waals surface area (Å²) >= 11 is 0. The van der Waals surface area contributed by atoms with E-state index >= 15 is 0 Å². The molecule has 3 heteroatoms. The molecule has 0 fully saturated rings. The molecule has 0 spiro atoms. The number of carbonyl (C=O) groups excluding carboxylic acids is 1. The second-order valence-electron chi connectivity index (χ2n) is 4.60. The number of hydrogen-bond donors (Lipinski definition) is 0. The van der Waals surface area contributed by atoms with Crippen molar-refractivity contribution in [2.75, 3.05) is 0 Å². The Balaban J connectivity index is 5.07. The van der Waals surface area contributed by atoms with Gasteiger partial charge in [-0.3, -0.25) is 4.79 Å². The van der Waals surface area contributed by atoms with E-state index in [2.05, 4.69) is 6.58 Å². The SMILES string of the molecule is C=C(C)C(=O)C(C)(O[SiH3])C(C)(C)C. The zero-order valence-electron chi connectivity index (χ0n) is 9.52. The van der Waals surface area contributed by atoms with Crippen LogP contribution in [0.3, 0.4) is 0 Å². The normalized spacial score (nSPS) is 16.7. The predicted octanol–water partition coefficient (Wildman–Crippen LogP) is 1.23. The third kappa shape index (κ3) is 2.29. The van der Waals surface area contributed by atoms with Gasteiger partial charge in [0.2, 0.25) is 0 Å². The maximum Gasteiger partial charge on any atom is 0.188 e. The molecule has 0 rings (SSSR count). The van der Waals surface area contributed by atoms with Crippen molar-refractivity contribution in [2.45, 2.75) is 40.2 Å². The van der Waals surface area contributed by atoms with Crippen molar-refractivity contribution in [3.63, 3.8) is 0 Å². The van der Waals surface area contributed by atoms with E-state index < -0.39 is 5.60 Å². The predicted molar refractivity (Wildman–Crippen MR) is 58.7 cm³/mol. The first-order valence-corrected chi connectivity index (χ1v) is 5.24. The van der Waals surface area contributed by atoms with Gasteiger partial charge in [0.25, 0.3) is 0 Å². The summed E-state index contributed by atoms with van der Waals surface area (Å²) in [6.07, 6.45) is 0. The molecule has 1 unspecified atom stereocenters. The molecule has 0 aromatic rings. The second kappa shape index (κ2) is 3.76. The van der Waals surface area contributed by atoms with E-state index in [1.807, 2.05) is 27.7 Å². The van der Waals surface area contributed by atoms with Crippen molar-refractivity contribution >= 4 is 16.3 Å². The first kappa shape index (κ1) is 12.6. The first-order valence-electron chi connectivity index (χ1n) is 4.42. The summed E-state index contributed by atoms with van der Waals surface area (Å²) in [7, 11) is 0.559. The molecule has 13 heavy (non-hydrogen) atoms. The van der Waals surface area contributed by atoms with Gasteiger partial charge in [-0.15, -0.1) is 0 Å². The maximum atomic E-state index is 11.8. The van der Waals surface area contributed by atoms with Crippen LogP contribution in [-0.4, -0.2) is 21.9 Å². The monoisotopic (exact) mass is 200 g/mol. The van der Waals surface area contributed by atoms with Crippen molar-refractivity contribution < 1.29 is 9.22 Å². The molecule has 0 amide bonds. The summed E-state index contributed by atoms with van der Waals surface area (Å²) in [6, 6.07) is 0. The lowest BCUT2D eigenvalue weighted by Gasteiger charge is -2.39. The van der Waals surface area contributed by atoms with E-state index in [-0.39, 0.29) is 11.2 Å². The number of carbonyl (C=O) groups is 1. The van der Waals surface area contributed by atoms with Gasteiger partial charge < -0.3 is 4.43 Å². The van der Waals surface area contributed by atoms with Crippen LogP contribution in [0.5, 0.6) is 0 Å². The van der Waals surface area contributed by atoms with Crippen LogP contribution < -0.4 is 0 Å². The molecule has 0 saturated carbocycles. The van der Waals surface area contributed by atoms with Gasteiger partial charge in [0.15, 0.2) is 5.78 Å². The molecule has 0 aliphatic carbocycles. The molecular weight excluding hydrogens is 180 g/mol. The van der Waals surface area contributed by atoms with Crippen molar-refractivity contribution in [3.8, 4) is 0 Å². The van der Waals surface area contributed by atoms with Gasteiger partial charge in [0, 0.05) is 0 Å². The summed E-state index contributed by atoms with van der Waals surface area (Å²) < 4.78 is 5.45. The summed E-state index contributed by atoms with van der Waals surface area (Å²) in [5, 5.41) is 0. The third-order valence-corrected chi connectivity index (χ3v) is 3.48. The standard InChI is InChI=1S/C10H20O2Si/c1-7(2)8(11)10(6,12-13)9(3,4)5/h1H2,2-6,13H3. The summed E-state index contributed by atoms with van der Waals surface area (Å²) in [6.45, 7) is 13.3. The highest BCUT2D eigenvalue weighted by Gasteiger charge is 2.43. The van der Waals surface area contributed by atoms with Crippen molar-refractivity contribution in [1.29, 1.82) is 0 Å². The highest BCUT2D eigenvalue weighted by molar-refractivity contribution is 6.06. The van der Waals surface area contributed by atoms with Crippen LogP contribution in [0.25, 0.3) is 0 Å². The number of rotatable bonds is 3. The quantitative estimate of drug-likeness (QED) is 0.506. The first-order chi connectivity index (χ1) is 5.66. The van der Waals surface area contributed by atoms with Crippen LogP contribution in [0, 0.1) is 5.41 Å². The summed E-state index contributed by atoms with van der Waals surface area (Å²) in [4.78, 5) is 11.8. The van der Waals surface area contributed by atoms with Crippen LogP contribution in [0.15, 0.2) is 12.2 Å². The van der Waals surface area contributed by atoms with Gasteiger partial charge in [-0.1, -0.05) is 27.4 Å². The van der Waals surface area contributed by atoms with E-state index in [1.54, 1.807) is 6.92 Å². The molecule has 0 radical (unpaired) electrons. The zero-order chi connectivity index (χ0) is 10.9. The van der Waals surface area contributed by atoms with Gasteiger partial charge in [-0.25, -0.2) is 0 Å². The number of hydrogen-bond acceptors (Lipinski definition) is 2. The molecule has 76 valence electrons. The average Bonchev–Trinajstić information content (AvgIpc) is 1.99. The van der Waals surface area contributed by atoms with Crippen LogP contribution in [0.1, 0.15) is 34.6 Å². The topological polar surface area (TPSA) is 26.3 Å². The van der Waals surface area contributed by atoms with Gasteiger partial charge in [-0.05, 0) is 24.8 Å². The van der Waals surface area contributed by atoms with E-state index in [4.69, 9.17) is 4.43 Å². The molecule has 0 N–H and O–H groups in total. The smallest absolute Gasteiger partial charge is 0.188 e. The molecule has 0 aliphatic heterocycles. The Morgan fingerprint density at radius 1 is 1.31 bits per heavy atom. The lowest BCUT2D eigenvalue weighted by atomic mass is 9.74. The molecule has 0 bridgehead atoms. The van der Waals surface area contributed by atoms with E-state index in [9.17, 15) is 4.79 Å². The Morgan fingerprint density at radius 3 is 1.77 bits per heavy atom. The minimum absolute atomic E-state index is 0.00926. The minimum Gasteiger partial charge on any atom is -0.415 e. The molecule has 1 atom stereocenters. The fourth-order valence-electron chi connectivity index (χ4n) is 1.15. The summed E-state index contributed by atoms with van der Waals surface area (Å²) in [5.74, 6) is 0.00926. The molecule has 0 aromatic heterocycles. The zero-order valence-corrected chi connectivity index (χ0v) is 11.5. The Kier molecular flexibility index (Phi) is 3.64. The number of ketones is 1. The molecular formula is C10H20O2Si. The average molecular weight is 200 g/mol. The molecule has 0 aromatic carbocycles. The van der Waals surface area contributed by atoms with E-state index in [0.717, 1.165) is 0 Å². The van der Waals surface area contributed by atoms with Gasteiger partial charge >= 0.3 is 0 Å². The van der Waals surface area contributed by atoms with Crippen molar-refractivity contribution in [1.82, 2.24) is 0 Å². The van der Waals surface area contributed by atoms with Crippen LogP contribution in [-0.2, 0) is 9.22 Å². The van der Waals surface area contributed by atoms with Gasteiger partial charge in [0.1, 0.15) is 16.1 Å². The third-order valence-electron chi connectivity index (χ3n) is 2.66. The molecule has 2 nitrogen and oxygen atoms in total. The van der Waals surface area contributed by atoms with Gasteiger partial charge in [-0.2, -0.15) is 0 Å². The number of Topliss-reactive ketones (excluding diaryl/α,β-unsaturated/α-hetero) is 1. The largest absolute Gasteiger partial charge is 0.415 e. The fourth-order valence-corrected chi connectivity index (χ4v) is 1.94. The Hall–Kier alpha value is -0.413. The molecule has 0 saturated heterocycles. The minimum atomic E-state index is -0.717. The Bertz CT molecular complexity index is 228.